The molecule has 1 unspecified atom stereocenters. The predicted octanol–water partition coefficient (Wildman–Crippen LogP) is 4.50. The zero-order chi connectivity index (χ0) is 15.8. The van der Waals surface area contributed by atoms with Crippen molar-refractivity contribution in [2.45, 2.75) is 6.10 Å². The molecule has 1 atom stereocenters. The van der Waals surface area contributed by atoms with Crippen molar-refractivity contribution in [2.75, 3.05) is 19.1 Å². The maximum absolute atomic E-state index is 9.47. The summed E-state index contributed by atoms with van der Waals surface area (Å²) in [6.45, 7) is 0.620. The van der Waals surface area contributed by atoms with Gasteiger partial charge in [0.05, 0.1) is 25.2 Å². The lowest BCUT2D eigenvalue weighted by Crippen LogP contribution is -2.17. The van der Waals surface area contributed by atoms with Gasteiger partial charge in [0.15, 0.2) is 0 Å². The van der Waals surface area contributed by atoms with E-state index in [-0.39, 0.29) is 12.5 Å². The molecule has 0 aliphatic rings. The normalized spacial score (nSPS) is 13.1. The molecule has 116 valence electrons. The molecule has 1 N–H and O–H groups in total. The number of hydrogen-bond acceptors (Lipinski definition) is 2. The van der Waals surface area contributed by atoms with Crippen LogP contribution in [0.1, 0.15) is 11.1 Å². The van der Waals surface area contributed by atoms with Gasteiger partial charge in [0.2, 0.25) is 0 Å². The lowest BCUT2D eigenvalue weighted by Gasteiger charge is -2.12. The van der Waals surface area contributed by atoms with Crippen LogP contribution in [0.25, 0.3) is 11.6 Å². The van der Waals surface area contributed by atoms with Crippen molar-refractivity contribution < 1.29 is 9.84 Å². The zero-order valence-corrected chi connectivity index (χ0v) is 13.6. The van der Waals surface area contributed by atoms with Gasteiger partial charge in [0.1, 0.15) is 0 Å². The van der Waals surface area contributed by atoms with E-state index in [1.54, 1.807) is 0 Å². The summed E-state index contributed by atoms with van der Waals surface area (Å²) in [5.74, 6) is 0.168. The number of halogens is 2. The van der Waals surface area contributed by atoms with Gasteiger partial charge in [-0.3, -0.25) is 0 Å². The van der Waals surface area contributed by atoms with E-state index in [1.165, 1.54) is 0 Å². The number of alkyl halides is 1. The lowest BCUT2D eigenvalue weighted by atomic mass is 10.0. The molecule has 0 spiro atoms. The largest absolute Gasteiger partial charge is 0.389 e. The second-order valence-corrected chi connectivity index (χ2v) is 5.66. The molecular formula is C18H18Cl2O2. The van der Waals surface area contributed by atoms with Crippen LogP contribution in [0, 0.1) is 0 Å². The molecule has 0 heterocycles. The fourth-order valence-corrected chi connectivity index (χ4v) is 2.19. The molecule has 2 nitrogen and oxygen atoms in total. The number of aliphatic hydroxyl groups is 1. The first-order chi connectivity index (χ1) is 10.7. The van der Waals surface area contributed by atoms with Crippen molar-refractivity contribution in [1.29, 1.82) is 0 Å². The van der Waals surface area contributed by atoms with Gasteiger partial charge in [0.25, 0.3) is 0 Å². The minimum atomic E-state index is -0.644. The molecule has 0 aliphatic heterocycles. The lowest BCUT2D eigenvalue weighted by molar-refractivity contribution is 0.0642. The fourth-order valence-electron chi connectivity index (χ4n) is 1.97. The maximum Gasteiger partial charge on any atom is 0.0908 e. The van der Waals surface area contributed by atoms with Crippen LogP contribution in [0.5, 0.6) is 0 Å². The Kier molecular flexibility index (Phi) is 6.94. The van der Waals surface area contributed by atoms with Crippen LogP contribution in [0.2, 0.25) is 5.02 Å². The van der Waals surface area contributed by atoms with Crippen molar-refractivity contribution in [1.82, 2.24) is 0 Å². The first-order valence-electron chi connectivity index (χ1n) is 7.02. The molecular weight excluding hydrogens is 319 g/mol. The molecule has 0 saturated carbocycles. The Labute approximate surface area is 141 Å². The van der Waals surface area contributed by atoms with E-state index in [4.69, 9.17) is 27.9 Å². The van der Waals surface area contributed by atoms with Crippen molar-refractivity contribution >= 4 is 34.9 Å². The minimum absolute atomic E-state index is 0.168. The van der Waals surface area contributed by atoms with Gasteiger partial charge in [0, 0.05) is 5.02 Å². The summed E-state index contributed by atoms with van der Waals surface area (Å²) in [5, 5.41) is 10.2. The second kappa shape index (κ2) is 8.96. The van der Waals surface area contributed by atoms with Crippen LogP contribution >= 0.6 is 23.2 Å². The van der Waals surface area contributed by atoms with Crippen LogP contribution in [0.4, 0.5) is 0 Å². The molecule has 0 saturated heterocycles. The third kappa shape index (κ3) is 5.47. The Morgan fingerprint density at radius 1 is 1.09 bits per heavy atom. The average Bonchev–Trinajstić information content (AvgIpc) is 2.56. The molecule has 4 heteroatoms. The van der Waals surface area contributed by atoms with Gasteiger partial charge in [-0.05, 0) is 34.9 Å². The molecule has 22 heavy (non-hydrogen) atoms. The third-order valence-electron chi connectivity index (χ3n) is 3.10. The molecule has 0 bridgehead atoms. The highest BCUT2D eigenvalue weighted by molar-refractivity contribution is 6.30. The Morgan fingerprint density at radius 3 is 2.41 bits per heavy atom. The summed E-state index contributed by atoms with van der Waals surface area (Å²) >= 11 is 11.5. The molecule has 0 amide bonds. The quantitative estimate of drug-likeness (QED) is 0.596. The minimum Gasteiger partial charge on any atom is -0.389 e. The van der Waals surface area contributed by atoms with Crippen molar-refractivity contribution in [3.63, 3.8) is 0 Å². The summed E-state index contributed by atoms with van der Waals surface area (Å²) in [4.78, 5) is 0. The Balaban J connectivity index is 2.16. The highest BCUT2D eigenvalue weighted by atomic mass is 35.5. The van der Waals surface area contributed by atoms with Crippen LogP contribution in [-0.2, 0) is 4.74 Å². The van der Waals surface area contributed by atoms with Crippen molar-refractivity contribution in [3.05, 3.63) is 70.7 Å². The van der Waals surface area contributed by atoms with Gasteiger partial charge in [-0.2, -0.15) is 0 Å². The summed E-state index contributed by atoms with van der Waals surface area (Å²) in [6, 6.07) is 17.6. The Bertz CT molecular complexity index is 594. The van der Waals surface area contributed by atoms with E-state index in [9.17, 15) is 5.11 Å². The second-order valence-electron chi connectivity index (χ2n) is 4.91. The standard InChI is InChI=1S/C18H18Cl2O2/c19-11-18(21)13-22-12-16(15-4-2-1-3-5-15)10-14-6-8-17(20)9-7-14/h1-10,18,21H,11-13H2. The fraction of sp³-hybridized carbons (Fsp3) is 0.222. The zero-order valence-electron chi connectivity index (χ0n) is 12.1. The van der Waals surface area contributed by atoms with E-state index >= 15 is 0 Å². The van der Waals surface area contributed by atoms with E-state index in [1.807, 2.05) is 54.6 Å². The molecule has 0 fully saturated rings. The van der Waals surface area contributed by atoms with Crippen molar-refractivity contribution in [2.24, 2.45) is 0 Å². The first-order valence-corrected chi connectivity index (χ1v) is 7.93. The molecule has 2 aromatic carbocycles. The summed E-state index contributed by atoms with van der Waals surface area (Å²) in [6.07, 6.45) is 1.41. The molecule has 0 aliphatic carbocycles. The molecule has 2 aromatic rings. The van der Waals surface area contributed by atoms with Gasteiger partial charge >= 0.3 is 0 Å². The number of benzene rings is 2. The maximum atomic E-state index is 9.47. The first kappa shape index (κ1) is 17.0. The molecule has 2 rings (SSSR count). The van der Waals surface area contributed by atoms with E-state index in [0.717, 1.165) is 16.7 Å². The number of hydrogen-bond donors (Lipinski definition) is 1. The Hall–Kier alpha value is -1.32. The molecule has 0 radical (unpaired) electrons. The number of rotatable bonds is 7. The van der Waals surface area contributed by atoms with Crippen LogP contribution in [0.3, 0.4) is 0 Å². The summed E-state index contributed by atoms with van der Waals surface area (Å²) in [7, 11) is 0. The van der Waals surface area contributed by atoms with Gasteiger partial charge in [-0.25, -0.2) is 0 Å². The summed E-state index contributed by atoms with van der Waals surface area (Å²) < 4.78 is 5.57. The van der Waals surface area contributed by atoms with E-state index < -0.39 is 6.10 Å². The monoisotopic (exact) mass is 336 g/mol. The van der Waals surface area contributed by atoms with E-state index in [2.05, 4.69) is 6.08 Å². The number of aliphatic hydroxyl groups excluding tert-OH is 1. The van der Waals surface area contributed by atoms with Gasteiger partial charge < -0.3 is 9.84 Å². The highest BCUT2D eigenvalue weighted by Crippen LogP contribution is 2.20. The predicted molar refractivity (Wildman–Crippen MR) is 93.3 cm³/mol. The summed E-state index contributed by atoms with van der Waals surface area (Å²) in [5.41, 5.74) is 3.16. The topological polar surface area (TPSA) is 29.5 Å². The van der Waals surface area contributed by atoms with E-state index in [0.29, 0.717) is 11.6 Å². The highest BCUT2D eigenvalue weighted by Gasteiger charge is 2.06. The van der Waals surface area contributed by atoms with Crippen LogP contribution in [-0.4, -0.2) is 30.3 Å². The Morgan fingerprint density at radius 2 is 1.77 bits per heavy atom. The van der Waals surface area contributed by atoms with Gasteiger partial charge in [-0.15, -0.1) is 11.6 Å². The van der Waals surface area contributed by atoms with Crippen LogP contribution in [0.15, 0.2) is 54.6 Å². The van der Waals surface area contributed by atoms with Crippen molar-refractivity contribution in [3.8, 4) is 0 Å². The molecule has 0 aromatic heterocycles. The SMILES string of the molecule is OC(CCl)COCC(=Cc1ccc(Cl)cc1)c1ccccc1. The third-order valence-corrected chi connectivity index (χ3v) is 3.71. The van der Waals surface area contributed by atoms with Crippen LogP contribution < -0.4 is 0 Å². The average molecular weight is 337 g/mol. The smallest absolute Gasteiger partial charge is 0.0908 e. The van der Waals surface area contributed by atoms with Gasteiger partial charge in [-0.1, -0.05) is 54.1 Å². The number of ether oxygens (including phenoxy) is 1.